The van der Waals surface area contributed by atoms with Gasteiger partial charge in [0.05, 0.1) is 23.4 Å². The molecule has 0 aromatic rings. The van der Waals surface area contributed by atoms with E-state index in [0.29, 0.717) is 23.7 Å². The highest BCUT2D eigenvalue weighted by Gasteiger charge is 2.71. The van der Waals surface area contributed by atoms with Crippen LogP contribution in [0.4, 0.5) is 0 Å². The molecule has 0 spiro atoms. The highest BCUT2D eigenvalue weighted by atomic mass is 16.5. The molecule has 190 valence electrons. The molecule has 0 aromatic heterocycles. The Balaban J connectivity index is 1.51. The summed E-state index contributed by atoms with van der Waals surface area (Å²) in [6, 6.07) is 0. The molecule has 5 aliphatic rings. The molecule has 4 aliphatic carbocycles. The van der Waals surface area contributed by atoms with Crippen LogP contribution in [0.5, 0.6) is 0 Å². The maximum Gasteiger partial charge on any atom is 0.0693 e. The quantitative estimate of drug-likeness (QED) is 0.455. The molecule has 0 amide bonds. The molecule has 5 fully saturated rings. The van der Waals surface area contributed by atoms with Crippen LogP contribution >= 0.6 is 0 Å². The van der Waals surface area contributed by atoms with Crippen molar-refractivity contribution < 1.29 is 14.9 Å². The second-order valence-corrected chi connectivity index (χ2v) is 15.4. The molecule has 3 nitrogen and oxygen atoms in total. The van der Waals surface area contributed by atoms with Gasteiger partial charge >= 0.3 is 0 Å². The van der Waals surface area contributed by atoms with Gasteiger partial charge in [-0.3, -0.25) is 0 Å². The summed E-state index contributed by atoms with van der Waals surface area (Å²) in [7, 11) is 0. The summed E-state index contributed by atoms with van der Waals surface area (Å²) < 4.78 is 6.86. The number of ether oxygens (including phenoxy) is 1. The minimum Gasteiger partial charge on any atom is -0.393 e. The van der Waals surface area contributed by atoms with Crippen LogP contribution in [-0.2, 0) is 4.74 Å². The lowest BCUT2D eigenvalue weighted by molar-refractivity contribution is -0.257. The van der Waals surface area contributed by atoms with Crippen LogP contribution < -0.4 is 0 Å². The van der Waals surface area contributed by atoms with Gasteiger partial charge in [0.1, 0.15) is 0 Å². The lowest BCUT2D eigenvalue weighted by Crippen LogP contribution is -2.66. The van der Waals surface area contributed by atoms with Crippen LogP contribution in [0.15, 0.2) is 0 Å². The van der Waals surface area contributed by atoms with Crippen LogP contribution in [-0.4, -0.2) is 33.6 Å². The number of fused-ring (bicyclic) bond motifs is 5. The second-order valence-electron chi connectivity index (χ2n) is 15.4. The summed E-state index contributed by atoms with van der Waals surface area (Å²) >= 11 is 0. The Morgan fingerprint density at radius 3 is 2.03 bits per heavy atom. The zero-order valence-corrected chi connectivity index (χ0v) is 22.8. The topological polar surface area (TPSA) is 49.7 Å². The van der Waals surface area contributed by atoms with Crippen molar-refractivity contribution in [2.45, 2.75) is 143 Å². The number of hydrogen-bond acceptors (Lipinski definition) is 3. The first-order valence-corrected chi connectivity index (χ1v) is 14.2. The van der Waals surface area contributed by atoms with E-state index in [0.717, 1.165) is 32.1 Å². The molecule has 4 saturated carbocycles. The van der Waals surface area contributed by atoms with E-state index in [-0.39, 0.29) is 45.1 Å². The molecule has 10 atom stereocenters. The first-order valence-electron chi connectivity index (χ1n) is 14.2. The molecule has 1 saturated heterocycles. The maximum absolute atomic E-state index is 11.9. The van der Waals surface area contributed by atoms with Crippen LogP contribution in [0.25, 0.3) is 0 Å². The molecule has 2 N–H and O–H groups in total. The van der Waals surface area contributed by atoms with Crippen LogP contribution in [0.3, 0.4) is 0 Å². The van der Waals surface area contributed by atoms with Gasteiger partial charge in [0.15, 0.2) is 0 Å². The van der Waals surface area contributed by atoms with Crippen molar-refractivity contribution in [3.8, 4) is 0 Å². The van der Waals surface area contributed by atoms with Crippen molar-refractivity contribution in [1.82, 2.24) is 0 Å². The highest BCUT2D eigenvalue weighted by Crippen LogP contribution is 2.76. The normalized spacial score (nSPS) is 57.6. The maximum atomic E-state index is 11.9. The van der Waals surface area contributed by atoms with Crippen LogP contribution in [0.1, 0.15) is 120 Å². The summed E-state index contributed by atoms with van der Waals surface area (Å²) in [6.45, 7) is 19.2. The minimum atomic E-state index is -0.239. The summed E-state index contributed by atoms with van der Waals surface area (Å²) in [6.07, 6.45) is 10.9. The Morgan fingerprint density at radius 1 is 0.697 bits per heavy atom. The van der Waals surface area contributed by atoms with Crippen LogP contribution in [0.2, 0.25) is 0 Å². The molecule has 0 bridgehead atoms. The van der Waals surface area contributed by atoms with E-state index in [1.807, 2.05) is 0 Å². The van der Waals surface area contributed by atoms with E-state index in [2.05, 4.69) is 55.4 Å². The third-order valence-corrected chi connectivity index (χ3v) is 13.1. The van der Waals surface area contributed by atoms with Crippen LogP contribution in [0, 0.1) is 45.3 Å². The Morgan fingerprint density at radius 2 is 1.36 bits per heavy atom. The SMILES string of the molecule is CC1(C)CCC[C@@](C)(C2CC[C@]3(C)C2[C@H](O)CC2[C@@]4(C)CC[C@H](O)C(C)(C)C4CC[C@]23C)O1. The smallest absolute Gasteiger partial charge is 0.0693 e. The number of aliphatic hydroxyl groups excluding tert-OH is 2. The molecule has 0 radical (unpaired) electrons. The number of hydrogen-bond donors (Lipinski definition) is 2. The Bertz CT molecular complexity index is 789. The standard InChI is InChI=1S/C30H52O3/c1-25(2)13-9-14-30(8,33-25)19-10-16-29(7)24(19)20(31)18-22-27(5)15-12-23(32)26(3,4)21(27)11-17-28(22,29)6/h19-24,31-32H,9-18H2,1-8H3/t19?,20-,21?,22?,23+,24?,27+,28-,29-,30+/m1/s1. The van der Waals surface area contributed by atoms with Gasteiger partial charge < -0.3 is 14.9 Å². The van der Waals surface area contributed by atoms with E-state index >= 15 is 0 Å². The van der Waals surface area contributed by atoms with Gasteiger partial charge in [-0.15, -0.1) is 0 Å². The van der Waals surface area contributed by atoms with Gasteiger partial charge in [0.2, 0.25) is 0 Å². The molecule has 4 unspecified atom stereocenters. The monoisotopic (exact) mass is 460 g/mol. The fourth-order valence-electron chi connectivity index (χ4n) is 11.3. The zero-order chi connectivity index (χ0) is 24.2. The van der Waals surface area contributed by atoms with E-state index in [9.17, 15) is 10.2 Å². The van der Waals surface area contributed by atoms with Crippen molar-refractivity contribution in [3.63, 3.8) is 0 Å². The molecule has 0 aromatic carbocycles. The highest BCUT2D eigenvalue weighted by molar-refractivity contribution is 5.20. The third-order valence-electron chi connectivity index (χ3n) is 13.1. The van der Waals surface area contributed by atoms with E-state index in [4.69, 9.17) is 4.74 Å². The molecule has 5 rings (SSSR count). The van der Waals surface area contributed by atoms with Gasteiger partial charge in [-0.25, -0.2) is 0 Å². The van der Waals surface area contributed by atoms with Crippen molar-refractivity contribution in [3.05, 3.63) is 0 Å². The van der Waals surface area contributed by atoms with Gasteiger partial charge in [0.25, 0.3) is 0 Å². The number of rotatable bonds is 1. The van der Waals surface area contributed by atoms with Gasteiger partial charge in [-0.2, -0.15) is 0 Å². The van der Waals surface area contributed by atoms with E-state index < -0.39 is 0 Å². The molecular formula is C30H52O3. The zero-order valence-electron chi connectivity index (χ0n) is 22.8. The summed E-state index contributed by atoms with van der Waals surface area (Å²) in [4.78, 5) is 0. The largest absolute Gasteiger partial charge is 0.393 e. The van der Waals surface area contributed by atoms with Crippen molar-refractivity contribution in [1.29, 1.82) is 0 Å². The molecule has 1 heterocycles. The number of aliphatic hydroxyl groups is 2. The van der Waals surface area contributed by atoms with Crippen molar-refractivity contribution >= 4 is 0 Å². The Hall–Kier alpha value is -0.120. The fraction of sp³-hybridized carbons (Fsp3) is 1.00. The molecule has 33 heavy (non-hydrogen) atoms. The minimum absolute atomic E-state index is 0.0375. The van der Waals surface area contributed by atoms with Gasteiger partial charge in [-0.1, -0.05) is 34.6 Å². The van der Waals surface area contributed by atoms with Gasteiger partial charge in [0, 0.05) is 0 Å². The Labute approximate surface area is 203 Å². The summed E-state index contributed by atoms with van der Waals surface area (Å²) in [5.74, 6) is 1.85. The summed E-state index contributed by atoms with van der Waals surface area (Å²) in [5.41, 5.74) is 0.392. The molecule has 1 aliphatic heterocycles. The first-order chi connectivity index (χ1) is 15.1. The predicted octanol–water partition coefficient (Wildman–Crippen LogP) is 6.74. The average molecular weight is 461 g/mol. The van der Waals surface area contributed by atoms with Crippen molar-refractivity contribution in [2.75, 3.05) is 0 Å². The van der Waals surface area contributed by atoms with E-state index in [1.165, 1.54) is 32.1 Å². The lowest BCUT2D eigenvalue weighted by atomic mass is 9.35. The average Bonchev–Trinajstić information content (AvgIpc) is 3.07. The summed E-state index contributed by atoms with van der Waals surface area (Å²) in [5, 5.41) is 22.8. The lowest BCUT2D eigenvalue weighted by Gasteiger charge is -2.70. The van der Waals surface area contributed by atoms with Gasteiger partial charge in [-0.05, 0) is 130 Å². The fourth-order valence-corrected chi connectivity index (χ4v) is 11.3. The molecule has 3 heteroatoms. The van der Waals surface area contributed by atoms with E-state index in [1.54, 1.807) is 0 Å². The second kappa shape index (κ2) is 7.22. The predicted molar refractivity (Wildman–Crippen MR) is 134 cm³/mol. The molecular weight excluding hydrogens is 408 g/mol. The van der Waals surface area contributed by atoms with Crippen molar-refractivity contribution in [2.24, 2.45) is 45.3 Å². The third kappa shape index (κ3) is 3.16. The first kappa shape index (κ1) is 24.6. The Kier molecular flexibility index (Phi) is 5.38.